The number of nitrogens with one attached hydrogen (secondary N) is 1. The molecule has 2 rings (SSSR count). The standard InChI is InChI=1S/C10H6INO3/c11-7-8(10(14)15)12-6-4-2-1-3-5(6)9(7)13/h1-4H,(H,12,13)(H,14,15). The van der Waals surface area contributed by atoms with E-state index in [2.05, 4.69) is 4.98 Å². The Labute approximate surface area is 98.1 Å². The van der Waals surface area contributed by atoms with Gasteiger partial charge in [0.25, 0.3) is 0 Å². The minimum Gasteiger partial charge on any atom is -0.477 e. The summed E-state index contributed by atoms with van der Waals surface area (Å²) >= 11 is 1.74. The number of rotatable bonds is 1. The third kappa shape index (κ3) is 1.63. The van der Waals surface area contributed by atoms with Gasteiger partial charge in [0.1, 0.15) is 5.69 Å². The van der Waals surface area contributed by atoms with Gasteiger partial charge in [-0.15, -0.1) is 0 Å². The number of hydrogen-bond donors (Lipinski definition) is 2. The van der Waals surface area contributed by atoms with Crippen LogP contribution in [0, 0.1) is 3.57 Å². The van der Waals surface area contributed by atoms with E-state index >= 15 is 0 Å². The summed E-state index contributed by atoms with van der Waals surface area (Å²) in [5, 5.41) is 9.38. The molecule has 0 fully saturated rings. The monoisotopic (exact) mass is 315 g/mol. The Kier molecular flexibility index (Phi) is 2.47. The zero-order chi connectivity index (χ0) is 11.0. The van der Waals surface area contributed by atoms with Crippen molar-refractivity contribution in [3.63, 3.8) is 0 Å². The third-order valence-electron chi connectivity index (χ3n) is 2.06. The Morgan fingerprint density at radius 1 is 1.33 bits per heavy atom. The summed E-state index contributed by atoms with van der Waals surface area (Å²) in [6, 6.07) is 6.84. The van der Waals surface area contributed by atoms with E-state index in [0.717, 1.165) is 0 Å². The van der Waals surface area contributed by atoms with Crippen LogP contribution in [0.4, 0.5) is 0 Å². The molecule has 0 atom stereocenters. The minimum absolute atomic E-state index is 0.0562. The normalized spacial score (nSPS) is 10.5. The van der Waals surface area contributed by atoms with E-state index in [0.29, 0.717) is 10.9 Å². The number of para-hydroxylation sites is 1. The number of benzene rings is 1. The molecule has 1 aromatic heterocycles. The molecule has 0 saturated carbocycles. The Morgan fingerprint density at radius 3 is 2.67 bits per heavy atom. The van der Waals surface area contributed by atoms with Gasteiger partial charge in [-0.1, -0.05) is 12.1 Å². The van der Waals surface area contributed by atoms with Crippen LogP contribution in [-0.4, -0.2) is 16.1 Å². The van der Waals surface area contributed by atoms with Crippen LogP contribution in [0.15, 0.2) is 29.1 Å². The SMILES string of the molecule is O=C(O)c1[nH]c2ccccc2c(=O)c1I. The molecule has 0 saturated heterocycles. The molecule has 0 spiro atoms. The highest BCUT2D eigenvalue weighted by Crippen LogP contribution is 2.12. The summed E-state index contributed by atoms with van der Waals surface area (Å²) in [6.45, 7) is 0. The minimum atomic E-state index is -1.12. The average Bonchev–Trinajstić information content (AvgIpc) is 2.23. The molecule has 2 aromatic rings. The quantitative estimate of drug-likeness (QED) is 0.789. The molecule has 1 aromatic carbocycles. The van der Waals surface area contributed by atoms with Crippen LogP contribution >= 0.6 is 22.6 Å². The van der Waals surface area contributed by atoms with Crippen molar-refractivity contribution in [2.24, 2.45) is 0 Å². The van der Waals surface area contributed by atoms with Gasteiger partial charge < -0.3 is 10.1 Å². The van der Waals surface area contributed by atoms with E-state index in [1.54, 1.807) is 46.9 Å². The molecule has 2 N–H and O–H groups in total. The third-order valence-corrected chi connectivity index (χ3v) is 3.09. The molecule has 0 bridgehead atoms. The van der Waals surface area contributed by atoms with Crippen LogP contribution in [0.25, 0.3) is 10.9 Å². The van der Waals surface area contributed by atoms with E-state index in [-0.39, 0.29) is 14.7 Å². The number of aromatic amines is 1. The fraction of sp³-hybridized carbons (Fsp3) is 0. The first-order chi connectivity index (χ1) is 7.11. The van der Waals surface area contributed by atoms with Gasteiger partial charge in [0, 0.05) is 10.9 Å². The van der Waals surface area contributed by atoms with Crippen LogP contribution in [-0.2, 0) is 0 Å². The number of aromatic nitrogens is 1. The van der Waals surface area contributed by atoms with Crippen LogP contribution in [0.5, 0.6) is 0 Å². The number of carbonyl (C=O) groups is 1. The largest absolute Gasteiger partial charge is 0.477 e. The highest BCUT2D eigenvalue weighted by Gasteiger charge is 2.14. The van der Waals surface area contributed by atoms with Crippen molar-refractivity contribution in [3.05, 3.63) is 43.8 Å². The number of fused-ring (bicyclic) bond motifs is 1. The molecule has 15 heavy (non-hydrogen) atoms. The fourth-order valence-electron chi connectivity index (χ4n) is 1.36. The van der Waals surface area contributed by atoms with Crippen molar-refractivity contribution in [3.8, 4) is 0 Å². The molecule has 5 heteroatoms. The van der Waals surface area contributed by atoms with Crippen LogP contribution < -0.4 is 5.43 Å². The Balaban J connectivity index is 2.95. The van der Waals surface area contributed by atoms with Gasteiger partial charge in [-0.25, -0.2) is 4.79 Å². The van der Waals surface area contributed by atoms with Gasteiger partial charge in [-0.05, 0) is 34.7 Å². The zero-order valence-corrected chi connectivity index (χ0v) is 9.61. The number of carboxylic acid groups (broad SMARTS) is 1. The van der Waals surface area contributed by atoms with Gasteiger partial charge in [0.15, 0.2) is 0 Å². The van der Waals surface area contributed by atoms with Crippen molar-refractivity contribution < 1.29 is 9.90 Å². The first-order valence-electron chi connectivity index (χ1n) is 4.15. The van der Waals surface area contributed by atoms with Gasteiger partial charge in [0.2, 0.25) is 5.43 Å². The zero-order valence-electron chi connectivity index (χ0n) is 7.45. The molecular weight excluding hydrogens is 309 g/mol. The maximum Gasteiger partial charge on any atom is 0.353 e. The van der Waals surface area contributed by atoms with Crippen molar-refractivity contribution in [1.29, 1.82) is 0 Å². The smallest absolute Gasteiger partial charge is 0.353 e. The maximum absolute atomic E-state index is 11.8. The number of halogens is 1. The van der Waals surface area contributed by atoms with Crippen LogP contribution in [0.1, 0.15) is 10.5 Å². The van der Waals surface area contributed by atoms with Crippen molar-refractivity contribution in [1.82, 2.24) is 4.98 Å². The van der Waals surface area contributed by atoms with Gasteiger partial charge in [0.05, 0.1) is 3.57 Å². The number of H-pyrrole nitrogens is 1. The second kappa shape index (κ2) is 3.65. The topological polar surface area (TPSA) is 70.2 Å². The average molecular weight is 315 g/mol. The molecule has 1 heterocycles. The summed E-state index contributed by atoms with van der Waals surface area (Å²) in [5.74, 6) is -1.12. The van der Waals surface area contributed by atoms with E-state index in [1.165, 1.54) is 0 Å². The van der Waals surface area contributed by atoms with Crippen molar-refractivity contribution in [2.45, 2.75) is 0 Å². The first kappa shape index (κ1) is 10.2. The van der Waals surface area contributed by atoms with E-state index in [4.69, 9.17) is 5.11 Å². The summed E-state index contributed by atoms with van der Waals surface area (Å²) in [5.41, 5.74) is 0.238. The second-order valence-electron chi connectivity index (χ2n) is 2.99. The van der Waals surface area contributed by atoms with E-state index < -0.39 is 5.97 Å². The fourth-order valence-corrected chi connectivity index (χ4v) is 2.01. The number of aromatic carboxylic acids is 1. The van der Waals surface area contributed by atoms with Crippen LogP contribution in [0.3, 0.4) is 0 Å². The Morgan fingerprint density at radius 2 is 2.00 bits per heavy atom. The first-order valence-corrected chi connectivity index (χ1v) is 5.23. The lowest BCUT2D eigenvalue weighted by atomic mass is 10.2. The van der Waals surface area contributed by atoms with Gasteiger partial charge >= 0.3 is 5.97 Å². The lowest BCUT2D eigenvalue weighted by molar-refractivity contribution is 0.0689. The maximum atomic E-state index is 11.8. The number of hydrogen-bond acceptors (Lipinski definition) is 2. The Hall–Kier alpha value is -1.37. The predicted octanol–water partition coefficient (Wildman–Crippen LogP) is 1.83. The molecule has 0 amide bonds. The lowest BCUT2D eigenvalue weighted by Gasteiger charge is -2.02. The number of pyridine rings is 1. The molecule has 0 radical (unpaired) electrons. The summed E-state index contributed by atoms with van der Waals surface area (Å²) in [7, 11) is 0. The Bertz CT molecular complexity index is 603. The summed E-state index contributed by atoms with van der Waals surface area (Å²) < 4.78 is 0.207. The lowest BCUT2D eigenvalue weighted by Crippen LogP contribution is -2.15. The highest BCUT2D eigenvalue weighted by atomic mass is 127. The van der Waals surface area contributed by atoms with Crippen molar-refractivity contribution in [2.75, 3.05) is 0 Å². The van der Waals surface area contributed by atoms with Gasteiger partial charge in [-0.3, -0.25) is 4.79 Å². The molecule has 0 aliphatic heterocycles. The highest BCUT2D eigenvalue weighted by molar-refractivity contribution is 14.1. The van der Waals surface area contributed by atoms with Gasteiger partial charge in [-0.2, -0.15) is 0 Å². The summed E-state index contributed by atoms with van der Waals surface area (Å²) in [6.07, 6.45) is 0. The molecule has 4 nitrogen and oxygen atoms in total. The predicted molar refractivity (Wildman–Crippen MR) is 64.2 cm³/mol. The molecule has 76 valence electrons. The number of carboxylic acids is 1. The summed E-state index contributed by atoms with van der Waals surface area (Å²) in [4.78, 5) is 25.3. The van der Waals surface area contributed by atoms with Crippen molar-refractivity contribution >= 4 is 39.5 Å². The second-order valence-corrected chi connectivity index (χ2v) is 4.07. The van der Waals surface area contributed by atoms with Crippen LogP contribution in [0.2, 0.25) is 0 Å². The molecule has 0 aliphatic rings. The molecule has 0 aliphatic carbocycles. The van der Waals surface area contributed by atoms with E-state index in [1.807, 2.05) is 0 Å². The van der Waals surface area contributed by atoms with E-state index in [9.17, 15) is 9.59 Å². The molecule has 0 unspecified atom stereocenters. The molecular formula is C10H6INO3.